The molecule has 0 aliphatic carbocycles. The minimum Gasteiger partial charge on any atom is -0.409 e. The van der Waals surface area contributed by atoms with Crippen molar-refractivity contribution in [2.75, 3.05) is 5.32 Å². The maximum absolute atomic E-state index is 13.7. The average molecular weight is 271 g/mol. The van der Waals surface area contributed by atoms with Crippen molar-refractivity contribution in [2.24, 2.45) is 16.8 Å². The maximum atomic E-state index is 13.7. The smallest absolute Gasteiger partial charge is 0.235 e. The number of oxime groups is 1. The van der Waals surface area contributed by atoms with E-state index < -0.39 is 29.1 Å². The zero-order chi connectivity index (χ0) is 14.6. The second-order valence-electron chi connectivity index (χ2n) is 4.03. The first-order valence-corrected chi connectivity index (χ1v) is 5.65. The Kier molecular flexibility index (Phi) is 4.80. The van der Waals surface area contributed by atoms with Gasteiger partial charge in [-0.2, -0.15) is 0 Å². The molecule has 0 bridgehead atoms. The number of nitrogens with two attached hydrogens (primary N) is 1. The van der Waals surface area contributed by atoms with Gasteiger partial charge in [0.25, 0.3) is 0 Å². The Balaban J connectivity index is 3.03. The second-order valence-corrected chi connectivity index (χ2v) is 4.03. The highest BCUT2D eigenvalue weighted by molar-refractivity contribution is 6.07. The lowest BCUT2D eigenvalue weighted by Crippen LogP contribution is -2.34. The van der Waals surface area contributed by atoms with E-state index in [-0.39, 0.29) is 17.8 Å². The molecule has 0 aliphatic heterocycles. The highest BCUT2D eigenvalue weighted by Gasteiger charge is 2.23. The first kappa shape index (κ1) is 14.9. The lowest BCUT2D eigenvalue weighted by Gasteiger charge is -2.15. The van der Waals surface area contributed by atoms with Crippen molar-refractivity contribution >= 4 is 17.4 Å². The highest BCUT2D eigenvalue weighted by Crippen LogP contribution is 2.22. The summed E-state index contributed by atoms with van der Waals surface area (Å²) in [5.74, 6) is -3.73. The topological polar surface area (TPSA) is 87.7 Å². The fourth-order valence-electron chi connectivity index (χ4n) is 1.58. The summed E-state index contributed by atoms with van der Waals surface area (Å²) in [7, 11) is 0. The van der Waals surface area contributed by atoms with Gasteiger partial charge in [-0.1, -0.05) is 18.1 Å². The number of benzene rings is 1. The van der Waals surface area contributed by atoms with E-state index in [0.29, 0.717) is 0 Å². The molecule has 0 aromatic heterocycles. The van der Waals surface area contributed by atoms with Crippen LogP contribution < -0.4 is 11.1 Å². The number of amides is 1. The molecule has 0 spiro atoms. The predicted molar refractivity (Wildman–Crippen MR) is 66.9 cm³/mol. The van der Waals surface area contributed by atoms with Crippen molar-refractivity contribution in [1.82, 2.24) is 0 Å². The number of anilines is 1. The monoisotopic (exact) mass is 271 g/mol. The minimum absolute atomic E-state index is 0.202. The summed E-state index contributed by atoms with van der Waals surface area (Å²) in [6.07, 6.45) is 0.233. The van der Waals surface area contributed by atoms with Crippen LogP contribution in [0.3, 0.4) is 0 Å². The zero-order valence-electron chi connectivity index (χ0n) is 10.6. The van der Waals surface area contributed by atoms with Crippen molar-refractivity contribution < 1.29 is 18.8 Å². The fourth-order valence-corrected chi connectivity index (χ4v) is 1.58. The van der Waals surface area contributed by atoms with E-state index in [1.54, 1.807) is 6.92 Å². The predicted octanol–water partition coefficient (Wildman–Crippen LogP) is 1.98. The van der Waals surface area contributed by atoms with Crippen LogP contribution in [0.1, 0.15) is 18.9 Å². The van der Waals surface area contributed by atoms with E-state index in [1.165, 1.54) is 13.0 Å². The number of halogens is 2. The molecule has 1 atom stereocenters. The molecule has 0 saturated carbocycles. The van der Waals surface area contributed by atoms with Crippen LogP contribution in [0, 0.1) is 24.5 Å². The zero-order valence-corrected chi connectivity index (χ0v) is 10.6. The highest BCUT2D eigenvalue weighted by atomic mass is 19.1. The van der Waals surface area contributed by atoms with Crippen LogP contribution in [0.2, 0.25) is 0 Å². The SMILES string of the molecule is CCC(C(=O)Nc1c(F)ccc(C)c1F)/C(N)=N/O. The number of carbonyl (C=O) groups is 1. The van der Waals surface area contributed by atoms with E-state index in [9.17, 15) is 13.6 Å². The van der Waals surface area contributed by atoms with Gasteiger partial charge in [0.05, 0.1) is 5.92 Å². The molecule has 5 nitrogen and oxygen atoms in total. The van der Waals surface area contributed by atoms with Gasteiger partial charge in [0.2, 0.25) is 5.91 Å². The summed E-state index contributed by atoms with van der Waals surface area (Å²) in [5.41, 5.74) is 5.01. The quantitative estimate of drug-likeness (QED) is 0.338. The second kappa shape index (κ2) is 6.12. The van der Waals surface area contributed by atoms with Crippen LogP contribution in [0.15, 0.2) is 17.3 Å². The van der Waals surface area contributed by atoms with E-state index in [1.807, 2.05) is 0 Å². The Labute approximate surface area is 109 Å². The number of amidine groups is 1. The summed E-state index contributed by atoms with van der Waals surface area (Å²) < 4.78 is 27.2. The number of nitrogens with zero attached hydrogens (tertiary/aromatic N) is 1. The molecule has 1 unspecified atom stereocenters. The molecule has 0 radical (unpaired) electrons. The molecule has 0 fully saturated rings. The van der Waals surface area contributed by atoms with Gasteiger partial charge >= 0.3 is 0 Å². The average Bonchev–Trinajstić information content (AvgIpc) is 2.39. The Hall–Kier alpha value is -2.18. The molecule has 1 aromatic carbocycles. The van der Waals surface area contributed by atoms with E-state index in [2.05, 4.69) is 10.5 Å². The van der Waals surface area contributed by atoms with Crippen LogP contribution in [0.5, 0.6) is 0 Å². The number of aryl methyl sites for hydroxylation is 1. The molecule has 1 aromatic rings. The van der Waals surface area contributed by atoms with Crippen molar-refractivity contribution in [3.8, 4) is 0 Å². The number of carbonyl (C=O) groups excluding carboxylic acids is 1. The van der Waals surface area contributed by atoms with Crippen LogP contribution in [-0.4, -0.2) is 17.0 Å². The molecule has 0 aliphatic rings. The van der Waals surface area contributed by atoms with Gasteiger partial charge in [0.15, 0.2) is 11.7 Å². The van der Waals surface area contributed by atoms with Gasteiger partial charge < -0.3 is 16.3 Å². The molecule has 19 heavy (non-hydrogen) atoms. The van der Waals surface area contributed by atoms with Crippen molar-refractivity contribution in [3.63, 3.8) is 0 Å². The maximum Gasteiger partial charge on any atom is 0.235 e. The summed E-state index contributed by atoms with van der Waals surface area (Å²) in [5, 5.41) is 13.4. The summed E-state index contributed by atoms with van der Waals surface area (Å²) >= 11 is 0. The van der Waals surface area contributed by atoms with Crippen molar-refractivity contribution in [2.45, 2.75) is 20.3 Å². The first-order chi connectivity index (χ1) is 8.92. The van der Waals surface area contributed by atoms with Crippen LogP contribution >= 0.6 is 0 Å². The number of nitrogens with one attached hydrogen (secondary N) is 1. The van der Waals surface area contributed by atoms with E-state index >= 15 is 0 Å². The standard InChI is InChI=1S/C12H15F2N3O2/c1-3-7(11(15)17-19)12(18)16-10-8(13)5-4-6(2)9(10)14/h4-5,7,19H,3H2,1-2H3,(H2,15,17)(H,16,18). The van der Waals surface area contributed by atoms with Crippen molar-refractivity contribution in [1.29, 1.82) is 0 Å². The Morgan fingerprint density at radius 2 is 2.16 bits per heavy atom. The normalized spacial score (nSPS) is 13.2. The Morgan fingerprint density at radius 3 is 2.68 bits per heavy atom. The van der Waals surface area contributed by atoms with Crippen molar-refractivity contribution in [3.05, 3.63) is 29.3 Å². The first-order valence-electron chi connectivity index (χ1n) is 5.65. The Bertz CT molecular complexity index is 518. The lowest BCUT2D eigenvalue weighted by atomic mass is 10.0. The molecule has 104 valence electrons. The molecular weight excluding hydrogens is 256 g/mol. The molecule has 0 heterocycles. The third-order valence-electron chi connectivity index (χ3n) is 2.73. The largest absolute Gasteiger partial charge is 0.409 e. The molecule has 1 rings (SSSR count). The summed E-state index contributed by atoms with van der Waals surface area (Å²) in [4.78, 5) is 11.8. The molecular formula is C12H15F2N3O2. The third kappa shape index (κ3) is 3.18. The molecule has 0 saturated heterocycles. The number of hydrogen-bond donors (Lipinski definition) is 3. The number of rotatable bonds is 4. The summed E-state index contributed by atoms with van der Waals surface area (Å²) in [6, 6.07) is 2.32. The summed E-state index contributed by atoms with van der Waals surface area (Å²) in [6.45, 7) is 3.08. The fraction of sp³-hybridized carbons (Fsp3) is 0.333. The third-order valence-corrected chi connectivity index (χ3v) is 2.73. The van der Waals surface area contributed by atoms with Gasteiger partial charge in [-0.3, -0.25) is 4.79 Å². The van der Waals surface area contributed by atoms with Crippen LogP contribution in [0.4, 0.5) is 14.5 Å². The van der Waals surface area contributed by atoms with Gasteiger partial charge in [0.1, 0.15) is 11.5 Å². The van der Waals surface area contributed by atoms with E-state index in [4.69, 9.17) is 10.9 Å². The van der Waals surface area contributed by atoms with Gasteiger partial charge in [-0.15, -0.1) is 0 Å². The number of hydrogen-bond acceptors (Lipinski definition) is 3. The van der Waals surface area contributed by atoms with E-state index in [0.717, 1.165) is 6.07 Å². The van der Waals surface area contributed by atoms with Gasteiger partial charge in [-0.05, 0) is 25.0 Å². The molecule has 7 heteroatoms. The van der Waals surface area contributed by atoms with Crippen LogP contribution in [-0.2, 0) is 4.79 Å². The minimum atomic E-state index is -0.954. The van der Waals surface area contributed by atoms with Gasteiger partial charge in [0, 0.05) is 0 Å². The molecule has 4 N–H and O–H groups in total. The molecule has 1 amide bonds. The Morgan fingerprint density at radius 1 is 1.53 bits per heavy atom. The lowest BCUT2D eigenvalue weighted by molar-refractivity contribution is -0.118. The van der Waals surface area contributed by atoms with Crippen LogP contribution in [0.25, 0.3) is 0 Å². The van der Waals surface area contributed by atoms with Gasteiger partial charge in [-0.25, -0.2) is 8.78 Å².